The van der Waals surface area contributed by atoms with Crippen molar-refractivity contribution in [2.45, 2.75) is 44.6 Å². The molecule has 1 aromatic heterocycles. The summed E-state index contributed by atoms with van der Waals surface area (Å²) in [6.07, 6.45) is 9.09. The van der Waals surface area contributed by atoms with E-state index in [9.17, 15) is 13.2 Å². The molecule has 1 saturated heterocycles. The number of sulfonamides is 1. The van der Waals surface area contributed by atoms with Crippen LogP contribution in [-0.2, 0) is 21.2 Å². The number of hydrogen-bond acceptors (Lipinski definition) is 7. The summed E-state index contributed by atoms with van der Waals surface area (Å²) >= 11 is 0. The zero-order chi connectivity index (χ0) is 24.1. The van der Waals surface area contributed by atoms with E-state index in [4.69, 9.17) is 5.73 Å². The van der Waals surface area contributed by atoms with Gasteiger partial charge < -0.3 is 21.3 Å². The maximum atomic E-state index is 11.7. The van der Waals surface area contributed by atoms with Crippen LogP contribution < -0.4 is 21.3 Å². The van der Waals surface area contributed by atoms with Crippen LogP contribution >= 0.6 is 0 Å². The number of nitrogens with zero attached hydrogens (tertiary/aromatic N) is 3. The van der Waals surface area contributed by atoms with E-state index in [-0.39, 0.29) is 12.3 Å². The van der Waals surface area contributed by atoms with E-state index in [0.29, 0.717) is 38.0 Å². The fourth-order valence-electron chi connectivity index (χ4n) is 4.66. The Labute approximate surface area is 201 Å². The van der Waals surface area contributed by atoms with Crippen molar-refractivity contribution in [3.8, 4) is 0 Å². The highest BCUT2D eigenvalue weighted by molar-refractivity contribution is 7.88. The average molecular weight is 487 g/mol. The molecule has 4 rings (SSSR count). The van der Waals surface area contributed by atoms with Crippen molar-refractivity contribution in [3.63, 3.8) is 0 Å². The van der Waals surface area contributed by atoms with E-state index in [1.807, 2.05) is 30.3 Å². The number of anilines is 4. The Balaban J connectivity index is 1.42. The van der Waals surface area contributed by atoms with Crippen LogP contribution in [-0.4, -0.2) is 62.1 Å². The predicted octanol–water partition coefficient (Wildman–Crippen LogP) is 2.68. The molecule has 2 aliphatic rings. The first-order valence-corrected chi connectivity index (χ1v) is 13.7. The minimum atomic E-state index is -3.14. The molecule has 2 heterocycles. The normalized spacial score (nSPS) is 18.0. The molecule has 0 bridgehead atoms. The zero-order valence-electron chi connectivity index (χ0n) is 19.7. The van der Waals surface area contributed by atoms with Gasteiger partial charge in [-0.05, 0) is 37.1 Å². The largest absolute Gasteiger partial charge is 0.382 e. The topological polar surface area (TPSA) is 121 Å². The van der Waals surface area contributed by atoms with Crippen molar-refractivity contribution in [2.24, 2.45) is 5.73 Å². The molecule has 1 aliphatic heterocycles. The van der Waals surface area contributed by atoms with Gasteiger partial charge in [-0.25, -0.2) is 13.4 Å². The van der Waals surface area contributed by atoms with Gasteiger partial charge in [0.1, 0.15) is 5.82 Å². The van der Waals surface area contributed by atoms with Gasteiger partial charge in [-0.15, -0.1) is 0 Å². The number of hydrogen-bond donors (Lipinski definition) is 3. The maximum absolute atomic E-state index is 11.7. The number of carbonyl (C=O) groups excluding carboxylic acids is 1. The lowest BCUT2D eigenvalue weighted by Gasteiger charge is -2.34. The fraction of sp³-hybridized carbons (Fsp3) is 0.500. The molecule has 34 heavy (non-hydrogen) atoms. The minimum absolute atomic E-state index is 0.156. The van der Waals surface area contributed by atoms with Crippen LogP contribution in [0.3, 0.4) is 0 Å². The summed E-state index contributed by atoms with van der Waals surface area (Å²) in [5.41, 5.74) is 9.12. The molecule has 184 valence electrons. The Morgan fingerprint density at radius 1 is 1.09 bits per heavy atom. The fourth-order valence-corrected chi connectivity index (χ4v) is 5.49. The number of nitrogens with two attached hydrogens (primary N) is 1. The van der Waals surface area contributed by atoms with Gasteiger partial charge in [0.05, 0.1) is 12.7 Å². The van der Waals surface area contributed by atoms with Crippen LogP contribution in [0.15, 0.2) is 36.5 Å². The molecule has 0 unspecified atom stereocenters. The molecule has 4 N–H and O–H groups in total. The third-order valence-electron chi connectivity index (χ3n) is 6.53. The van der Waals surface area contributed by atoms with Gasteiger partial charge in [-0.1, -0.05) is 19.3 Å². The van der Waals surface area contributed by atoms with E-state index < -0.39 is 10.0 Å². The maximum Gasteiger partial charge on any atom is 0.221 e. The van der Waals surface area contributed by atoms with Gasteiger partial charge in [-0.2, -0.15) is 4.31 Å². The summed E-state index contributed by atoms with van der Waals surface area (Å²) in [6, 6.07) is 10.4. The lowest BCUT2D eigenvalue weighted by atomic mass is 9.95. The Morgan fingerprint density at radius 3 is 2.38 bits per heavy atom. The number of piperazine rings is 1. The summed E-state index contributed by atoms with van der Waals surface area (Å²) < 4.78 is 25.0. The second kappa shape index (κ2) is 10.6. The summed E-state index contributed by atoms with van der Waals surface area (Å²) in [7, 11) is -3.14. The second-order valence-electron chi connectivity index (χ2n) is 9.17. The van der Waals surface area contributed by atoms with Crippen molar-refractivity contribution >= 4 is 38.8 Å². The number of primary amides is 1. The Bertz CT molecular complexity index is 1090. The first kappa shape index (κ1) is 24.3. The molecule has 1 amide bonds. The van der Waals surface area contributed by atoms with E-state index in [1.54, 1.807) is 6.20 Å². The summed E-state index contributed by atoms with van der Waals surface area (Å²) in [6.45, 7) is 2.33. The highest BCUT2D eigenvalue weighted by Gasteiger charge is 2.23. The molecular formula is C24H34N6O3S. The highest BCUT2D eigenvalue weighted by atomic mass is 32.2. The zero-order valence-corrected chi connectivity index (χ0v) is 20.5. The van der Waals surface area contributed by atoms with Crippen molar-refractivity contribution in [3.05, 3.63) is 42.1 Å². The average Bonchev–Trinajstić information content (AvgIpc) is 2.81. The molecular weight excluding hydrogens is 452 g/mol. The van der Waals surface area contributed by atoms with Crippen molar-refractivity contribution in [1.82, 2.24) is 9.29 Å². The van der Waals surface area contributed by atoms with Crippen molar-refractivity contribution in [1.29, 1.82) is 0 Å². The number of pyridine rings is 1. The Morgan fingerprint density at radius 2 is 1.76 bits per heavy atom. The molecule has 0 atom stereocenters. The van der Waals surface area contributed by atoms with Crippen LogP contribution in [0.25, 0.3) is 0 Å². The van der Waals surface area contributed by atoms with Crippen LogP contribution in [0.1, 0.15) is 37.7 Å². The standard InChI is InChI=1S/C24H34N6O3S/c1-34(32,33)30-13-11-29(12-14-30)21-9-7-20(8-10-21)28-24-16-22(18(17-26-24)15-23(25)31)27-19-5-3-2-4-6-19/h7-10,16-17,19H,2-6,11-15H2,1H3,(H2,25,31)(H2,26,27,28). The van der Waals surface area contributed by atoms with E-state index >= 15 is 0 Å². The predicted molar refractivity (Wildman–Crippen MR) is 136 cm³/mol. The van der Waals surface area contributed by atoms with E-state index in [1.165, 1.54) is 29.8 Å². The molecule has 1 aromatic carbocycles. The monoisotopic (exact) mass is 486 g/mol. The SMILES string of the molecule is CS(=O)(=O)N1CCN(c2ccc(Nc3cc(NC4CCCCC4)c(CC(N)=O)cn3)cc2)CC1. The Hall–Kier alpha value is -2.85. The van der Waals surface area contributed by atoms with Crippen LogP contribution in [0, 0.1) is 0 Å². The lowest BCUT2D eigenvalue weighted by Crippen LogP contribution is -2.48. The number of aromatic nitrogens is 1. The first-order valence-electron chi connectivity index (χ1n) is 11.9. The summed E-state index contributed by atoms with van der Waals surface area (Å²) in [4.78, 5) is 18.2. The highest BCUT2D eigenvalue weighted by Crippen LogP contribution is 2.27. The van der Waals surface area contributed by atoms with Crippen LogP contribution in [0.2, 0.25) is 0 Å². The van der Waals surface area contributed by atoms with Gasteiger partial charge in [0, 0.05) is 67.1 Å². The van der Waals surface area contributed by atoms with Gasteiger partial charge in [0.25, 0.3) is 0 Å². The van der Waals surface area contributed by atoms with E-state index in [0.717, 1.165) is 35.5 Å². The van der Waals surface area contributed by atoms with Gasteiger partial charge in [-0.3, -0.25) is 4.79 Å². The number of carbonyl (C=O) groups is 1. The van der Waals surface area contributed by atoms with Crippen LogP contribution in [0.5, 0.6) is 0 Å². The third kappa shape index (κ3) is 6.38. The van der Waals surface area contributed by atoms with Gasteiger partial charge in [0.15, 0.2) is 0 Å². The number of amides is 1. The van der Waals surface area contributed by atoms with Crippen molar-refractivity contribution < 1.29 is 13.2 Å². The molecule has 9 nitrogen and oxygen atoms in total. The van der Waals surface area contributed by atoms with Gasteiger partial charge in [0.2, 0.25) is 15.9 Å². The molecule has 0 radical (unpaired) electrons. The molecule has 1 saturated carbocycles. The van der Waals surface area contributed by atoms with Crippen LogP contribution in [0.4, 0.5) is 22.9 Å². The Kier molecular flexibility index (Phi) is 7.57. The number of benzene rings is 1. The molecule has 2 fully saturated rings. The molecule has 10 heteroatoms. The molecule has 2 aromatic rings. The summed E-state index contributed by atoms with van der Waals surface area (Å²) in [5, 5.41) is 6.95. The minimum Gasteiger partial charge on any atom is -0.382 e. The quantitative estimate of drug-likeness (QED) is 0.525. The second-order valence-corrected chi connectivity index (χ2v) is 11.2. The molecule has 1 aliphatic carbocycles. The number of nitrogens with one attached hydrogen (secondary N) is 2. The van der Waals surface area contributed by atoms with Gasteiger partial charge >= 0.3 is 0 Å². The molecule has 0 spiro atoms. The van der Waals surface area contributed by atoms with Crippen molar-refractivity contribution in [2.75, 3.05) is 48.0 Å². The smallest absolute Gasteiger partial charge is 0.221 e. The third-order valence-corrected chi connectivity index (χ3v) is 7.83. The lowest BCUT2D eigenvalue weighted by molar-refractivity contribution is -0.117. The summed E-state index contributed by atoms with van der Waals surface area (Å²) in [5.74, 6) is 0.322. The number of rotatable bonds is 8. The van der Waals surface area contributed by atoms with E-state index in [2.05, 4.69) is 20.5 Å². The first-order chi connectivity index (χ1) is 16.3.